The number of halogens is 3. The fourth-order valence-electron chi connectivity index (χ4n) is 1.78. The predicted molar refractivity (Wildman–Crippen MR) is 77.3 cm³/mol. The Balaban J connectivity index is 2.26. The van der Waals surface area contributed by atoms with Gasteiger partial charge in [0.25, 0.3) is 0 Å². The quantitative estimate of drug-likeness (QED) is 0.826. The average Bonchev–Trinajstić information content (AvgIpc) is 2.50. The Kier molecular flexibility index (Phi) is 5.14. The van der Waals surface area contributed by atoms with Crippen LogP contribution in [0.2, 0.25) is 0 Å². The highest BCUT2D eigenvalue weighted by atomic mass is 79.9. The topological polar surface area (TPSA) is 38.7 Å². The van der Waals surface area contributed by atoms with Gasteiger partial charge in [0.2, 0.25) is 0 Å². The molecule has 0 aromatic heterocycles. The van der Waals surface area contributed by atoms with Crippen molar-refractivity contribution >= 4 is 15.9 Å². The van der Waals surface area contributed by atoms with Crippen molar-refractivity contribution in [1.82, 2.24) is 0 Å². The normalized spacial score (nSPS) is 10.5. The Labute approximate surface area is 129 Å². The van der Waals surface area contributed by atoms with Gasteiger partial charge in [0.1, 0.15) is 29.7 Å². The van der Waals surface area contributed by atoms with Crippen molar-refractivity contribution in [2.75, 3.05) is 7.11 Å². The van der Waals surface area contributed by atoms with Gasteiger partial charge in [-0.05, 0) is 40.2 Å². The highest BCUT2D eigenvalue weighted by Gasteiger charge is 2.14. The molecule has 112 valence electrons. The highest BCUT2D eigenvalue weighted by molar-refractivity contribution is 9.10. The molecule has 0 radical (unpaired) electrons. The first-order valence-electron chi connectivity index (χ1n) is 6.09. The molecule has 0 bridgehead atoms. The Hall–Kier alpha value is -1.66. The van der Waals surface area contributed by atoms with Gasteiger partial charge in [-0.3, -0.25) is 0 Å². The maximum Gasteiger partial charge on any atom is 0.146 e. The standard InChI is InChI=1S/C15H13BrF2O3/c1-20-10-3-2-9(7-19)14(6-10)21-8-11-13(17)5-4-12(16)15(11)18/h2-6,19H,7-8H2,1H3. The summed E-state index contributed by atoms with van der Waals surface area (Å²) in [6.07, 6.45) is 0. The van der Waals surface area contributed by atoms with Gasteiger partial charge in [0.05, 0.1) is 23.8 Å². The Morgan fingerprint density at radius 3 is 2.62 bits per heavy atom. The smallest absolute Gasteiger partial charge is 0.146 e. The molecule has 0 saturated heterocycles. The number of aliphatic hydroxyl groups is 1. The second-order valence-corrected chi connectivity index (χ2v) is 5.10. The van der Waals surface area contributed by atoms with E-state index in [9.17, 15) is 13.9 Å². The van der Waals surface area contributed by atoms with Gasteiger partial charge in [-0.15, -0.1) is 0 Å². The molecule has 0 aliphatic rings. The van der Waals surface area contributed by atoms with Crippen LogP contribution in [-0.2, 0) is 13.2 Å². The summed E-state index contributed by atoms with van der Waals surface area (Å²) in [4.78, 5) is 0. The number of benzene rings is 2. The molecule has 2 aromatic carbocycles. The SMILES string of the molecule is COc1ccc(CO)c(OCc2c(F)ccc(Br)c2F)c1. The summed E-state index contributed by atoms with van der Waals surface area (Å²) >= 11 is 3.00. The maximum atomic E-state index is 13.9. The maximum absolute atomic E-state index is 13.9. The van der Waals surface area contributed by atoms with E-state index < -0.39 is 11.6 Å². The molecule has 2 rings (SSSR count). The number of rotatable bonds is 5. The third-order valence-corrected chi connectivity index (χ3v) is 3.57. The Bertz CT molecular complexity index is 647. The van der Waals surface area contributed by atoms with Gasteiger partial charge in [-0.25, -0.2) is 8.78 Å². The van der Waals surface area contributed by atoms with Crippen molar-refractivity contribution in [3.8, 4) is 11.5 Å². The molecular weight excluding hydrogens is 346 g/mol. The zero-order valence-electron chi connectivity index (χ0n) is 11.2. The molecule has 0 unspecified atom stereocenters. The van der Waals surface area contributed by atoms with Crippen LogP contribution in [0, 0.1) is 11.6 Å². The molecule has 0 aliphatic heterocycles. The molecule has 3 nitrogen and oxygen atoms in total. The Morgan fingerprint density at radius 1 is 1.19 bits per heavy atom. The van der Waals surface area contributed by atoms with Gasteiger partial charge in [-0.1, -0.05) is 0 Å². The Morgan fingerprint density at radius 2 is 1.95 bits per heavy atom. The summed E-state index contributed by atoms with van der Waals surface area (Å²) in [6.45, 7) is -0.542. The van der Waals surface area contributed by atoms with Crippen LogP contribution < -0.4 is 9.47 Å². The molecule has 2 aromatic rings. The van der Waals surface area contributed by atoms with E-state index in [1.54, 1.807) is 18.2 Å². The van der Waals surface area contributed by atoms with Gasteiger partial charge < -0.3 is 14.6 Å². The molecule has 0 heterocycles. The third kappa shape index (κ3) is 3.51. The minimum Gasteiger partial charge on any atom is -0.497 e. The van der Waals surface area contributed by atoms with Crippen LogP contribution in [0.3, 0.4) is 0 Å². The number of aliphatic hydroxyl groups excluding tert-OH is 1. The van der Waals surface area contributed by atoms with Crippen LogP contribution in [0.5, 0.6) is 11.5 Å². The van der Waals surface area contributed by atoms with E-state index in [2.05, 4.69) is 15.9 Å². The molecular formula is C15H13BrF2O3. The molecule has 0 atom stereocenters. The number of methoxy groups -OCH3 is 1. The van der Waals surface area contributed by atoms with Crippen LogP contribution in [-0.4, -0.2) is 12.2 Å². The van der Waals surface area contributed by atoms with Gasteiger partial charge in [-0.2, -0.15) is 0 Å². The van der Waals surface area contributed by atoms with E-state index >= 15 is 0 Å². The van der Waals surface area contributed by atoms with E-state index in [0.717, 1.165) is 6.07 Å². The van der Waals surface area contributed by atoms with Crippen molar-refractivity contribution < 1.29 is 23.4 Å². The second-order valence-electron chi connectivity index (χ2n) is 4.24. The van der Waals surface area contributed by atoms with Crippen molar-refractivity contribution in [2.24, 2.45) is 0 Å². The molecule has 0 fully saturated rings. The first-order chi connectivity index (χ1) is 10.1. The first kappa shape index (κ1) is 15.7. The minimum atomic E-state index is -0.705. The summed E-state index contributed by atoms with van der Waals surface area (Å²) in [5.41, 5.74) is 0.322. The largest absolute Gasteiger partial charge is 0.497 e. The van der Waals surface area contributed by atoms with E-state index in [-0.39, 0.29) is 23.2 Å². The van der Waals surface area contributed by atoms with Crippen molar-refractivity contribution in [2.45, 2.75) is 13.2 Å². The van der Waals surface area contributed by atoms with E-state index in [4.69, 9.17) is 9.47 Å². The fourth-order valence-corrected chi connectivity index (χ4v) is 2.15. The molecule has 0 amide bonds. The number of hydrogen-bond donors (Lipinski definition) is 1. The van der Waals surface area contributed by atoms with E-state index in [0.29, 0.717) is 17.1 Å². The van der Waals surface area contributed by atoms with Crippen LogP contribution in [0.25, 0.3) is 0 Å². The molecule has 6 heteroatoms. The van der Waals surface area contributed by atoms with Crippen molar-refractivity contribution in [3.63, 3.8) is 0 Å². The zero-order valence-corrected chi connectivity index (χ0v) is 12.8. The number of ether oxygens (including phenoxy) is 2. The summed E-state index contributed by atoms with van der Waals surface area (Å²) < 4.78 is 38.1. The molecule has 21 heavy (non-hydrogen) atoms. The van der Waals surface area contributed by atoms with Gasteiger partial charge in [0, 0.05) is 11.6 Å². The van der Waals surface area contributed by atoms with Crippen LogP contribution in [0.15, 0.2) is 34.8 Å². The van der Waals surface area contributed by atoms with Gasteiger partial charge >= 0.3 is 0 Å². The first-order valence-corrected chi connectivity index (χ1v) is 6.89. The van der Waals surface area contributed by atoms with E-state index in [1.807, 2.05) is 0 Å². The van der Waals surface area contributed by atoms with Crippen LogP contribution >= 0.6 is 15.9 Å². The lowest BCUT2D eigenvalue weighted by molar-refractivity contribution is 0.254. The summed E-state index contributed by atoms with van der Waals surface area (Å²) in [5, 5.41) is 9.26. The molecule has 0 spiro atoms. The van der Waals surface area contributed by atoms with Crippen LogP contribution in [0.1, 0.15) is 11.1 Å². The van der Waals surface area contributed by atoms with Crippen molar-refractivity contribution in [3.05, 3.63) is 57.6 Å². The third-order valence-electron chi connectivity index (χ3n) is 2.96. The predicted octanol–water partition coefficient (Wildman–Crippen LogP) is 3.81. The van der Waals surface area contributed by atoms with E-state index in [1.165, 1.54) is 13.2 Å². The molecule has 0 aliphatic carbocycles. The monoisotopic (exact) mass is 358 g/mol. The average molecular weight is 359 g/mol. The minimum absolute atomic E-state index is 0.163. The lowest BCUT2D eigenvalue weighted by atomic mass is 10.2. The second kappa shape index (κ2) is 6.87. The summed E-state index contributed by atoms with van der Waals surface area (Å²) in [7, 11) is 1.49. The summed E-state index contributed by atoms with van der Waals surface area (Å²) in [5.74, 6) is -0.555. The number of hydrogen-bond acceptors (Lipinski definition) is 3. The molecule has 0 saturated carbocycles. The van der Waals surface area contributed by atoms with Crippen LogP contribution in [0.4, 0.5) is 8.78 Å². The lowest BCUT2D eigenvalue weighted by Crippen LogP contribution is -2.04. The fraction of sp³-hybridized carbons (Fsp3) is 0.200. The van der Waals surface area contributed by atoms with Crippen molar-refractivity contribution in [1.29, 1.82) is 0 Å². The van der Waals surface area contributed by atoms with Gasteiger partial charge in [0.15, 0.2) is 0 Å². The zero-order chi connectivity index (χ0) is 15.4. The highest BCUT2D eigenvalue weighted by Crippen LogP contribution is 2.27. The lowest BCUT2D eigenvalue weighted by Gasteiger charge is -2.13. The summed E-state index contributed by atoms with van der Waals surface area (Å²) in [6, 6.07) is 7.29. The molecule has 1 N–H and O–H groups in total.